The maximum atomic E-state index is 10.7. The Morgan fingerprint density at radius 2 is 2.00 bits per heavy atom. The van der Waals surface area contributed by atoms with Gasteiger partial charge in [-0.1, -0.05) is 26.5 Å². The van der Waals surface area contributed by atoms with Gasteiger partial charge in [0.15, 0.2) is 0 Å². The van der Waals surface area contributed by atoms with Crippen LogP contribution in [0.3, 0.4) is 0 Å². The summed E-state index contributed by atoms with van der Waals surface area (Å²) in [6.07, 6.45) is 4.27. The molecule has 5 heteroatoms. The van der Waals surface area contributed by atoms with Crippen molar-refractivity contribution in [2.75, 3.05) is 19.8 Å². The molecule has 1 heterocycles. The molecule has 0 saturated carbocycles. The highest BCUT2D eigenvalue weighted by molar-refractivity contribution is 5.86. The summed E-state index contributed by atoms with van der Waals surface area (Å²) in [6.45, 7) is 12.2. The second-order valence-electron chi connectivity index (χ2n) is 4.39. The molecule has 1 unspecified atom stereocenters. The zero-order chi connectivity index (χ0) is 15.4. The molecule has 1 aliphatic heterocycles. The van der Waals surface area contributed by atoms with E-state index in [0.717, 1.165) is 31.9 Å². The monoisotopic (exact) mass is 284 g/mol. The third-order valence-corrected chi connectivity index (χ3v) is 2.33. The molecule has 1 rings (SSSR count). The Labute approximate surface area is 120 Å². The molecule has 0 spiro atoms. The first kappa shape index (κ1) is 18.4. The third kappa shape index (κ3) is 11.5. The second kappa shape index (κ2) is 11.2. The molecular weight excluding hydrogens is 260 g/mol. The first-order valence-electron chi connectivity index (χ1n) is 6.74. The average molecular weight is 284 g/mol. The quantitative estimate of drug-likeness (QED) is 0.296. The summed E-state index contributed by atoms with van der Waals surface area (Å²) < 4.78 is 14.4. The molecule has 0 aliphatic carbocycles. The lowest BCUT2D eigenvalue weighted by atomic mass is 10.3. The number of esters is 2. The van der Waals surface area contributed by atoms with Gasteiger partial charge in [0, 0.05) is 18.1 Å². The van der Waals surface area contributed by atoms with Crippen molar-refractivity contribution >= 4 is 11.9 Å². The first-order valence-corrected chi connectivity index (χ1v) is 6.74. The predicted molar refractivity (Wildman–Crippen MR) is 76.2 cm³/mol. The van der Waals surface area contributed by atoms with Crippen LogP contribution in [0.5, 0.6) is 0 Å². The van der Waals surface area contributed by atoms with Crippen LogP contribution in [0.2, 0.25) is 0 Å². The minimum atomic E-state index is -0.361. The summed E-state index contributed by atoms with van der Waals surface area (Å²) in [5.74, 6) is -0.644. The van der Waals surface area contributed by atoms with E-state index in [-0.39, 0.29) is 11.9 Å². The van der Waals surface area contributed by atoms with Crippen molar-refractivity contribution < 1.29 is 23.8 Å². The zero-order valence-electron chi connectivity index (χ0n) is 12.4. The van der Waals surface area contributed by atoms with Gasteiger partial charge in [-0.05, 0) is 13.3 Å². The van der Waals surface area contributed by atoms with E-state index in [4.69, 9.17) is 14.2 Å². The van der Waals surface area contributed by atoms with Crippen LogP contribution in [0.1, 0.15) is 33.1 Å². The van der Waals surface area contributed by atoms with Crippen LogP contribution in [-0.2, 0) is 23.8 Å². The van der Waals surface area contributed by atoms with Gasteiger partial charge in [-0.25, -0.2) is 9.59 Å². The fourth-order valence-electron chi connectivity index (χ4n) is 1.02. The number of unbranched alkanes of at least 4 members (excludes halogenated alkanes) is 1. The Morgan fingerprint density at radius 3 is 2.45 bits per heavy atom. The second-order valence-corrected chi connectivity index (χ2v) is 4.39. The number of rotatable bonds is 8. The topological polar surface area (TPSA) is 65.1 Å². The van der Waals surface area contributed by atoms with Crippen LogP contribution >= 0.6 is 0 Å². The van der Waals surface area contributed by atoms with Crippen LogP contribution in [0.25, 0.3) is 0 Å². The van der Waals surface area contributed by atoms with E-state index in [1.54, 1.807) is 6.92 Å². The highest BCUT2D eigenvalue weighted by atomic mass is 16.6. The Bertz CT molecular complexity index is 331. The van der Waals surface area contributed by atoms with Gasteiger partial charge in [0.05, 0.1) is 25.9 Å². The Kier molecular flexibility index (Phi) is 10.3. The van der Waals surface area contributed by atoms with Gasteiger partial charge in [0.25, 0.3) is 0 Å². The Hall–Kier alpha value is -1.62. The summed E-state index contributed by atoms with van der Waals surface area (Å²) in [5, 5.41) is 0. The number of ether oxygens (including phenoxy) is 3. The molecule has 1 saturated heterocycles. The van der Waals surface area contributed by atoms with Gasteiger partial charge < -0.3 is 14.2 Å². The van der Waals surface area contributed by atoms with Crippen molar-refractivity contribution in [3.63, 3.8) is 0 Å². The molecule has 0 aromatic rings. The normalized spacial score (nSPS) is 15.4. The minimum Gasteiger partial charge on any atom is -0.462 e. The number of hydrogen-bond donors (Lipinski definition) is 0. The molecule has 0 aromatic heterocycles. The molecule has 5 nitrogen and oxygen atoms in total. The molecule has 114 valence electrons. The molecule has 20 heavy (non-hydrogen) atoms. The van der Waals surface area contributed by atoms with E-state index >= 15 is 0 Å². The summed E-state index contributed by atoms with van der Waals surface area (Å²) in [7, 11) is 0. The number of epoxide rings is 1. The van der Waals surface area contributed by atoms with Crippen molar-refractivity contribution in [3.05, 3.63) is 24.8 Å². The SMILES string of the molecule is C=C(C)C(=O)OCCCC.C=CC(=O)OCCC1CO1. The molecule has 0 N–H and O–H groups in total. The van der Waals surface area contributed by atoms with Crippen LogP contribution in [0.15, 0.2) is 24.8 Å². The van der Waals surface area contributed by atoms with Gasteiger partial charge in [-0.3, -0.25) is 0 Å². The van der Waals surface area contributed by atoms with Crippen LogP contribution in [0.4, 0.5) is 0 Å². The van der Waals surface area contributed by atoms with E-state index in [0.29, 0.717) is 24.9 Å². The Balaban J connectivity index is 0.000000361. The van der Waals surface area contributed by atoms with Gasteiger partial charge in [-0.2, -0.15) is 0 Å². The lowest BCUT2D eigenvalue weighted by Crippen LogP contribution is -2.05. The van der Waals surface area contributed by atoms with Crippen molar-refractivity contribution in [3.8, 4) is 0 Å². The lowest BCUT2D eigenvalue weighted by molar-refractivity contribution is -0.139. The van der Waals surface area contributed by atoms with Crippen molar-refractivity contribution in [1.29, 1.82) is 0 Å². The van der Waals surface area contributed by atoms with Gasteiger partial charge in [0.1, 0.15) is 0 Å². The Morgan fingerprint density at radius 1 is 1.35 bits per heavy atom. The molecule has 0 radical (unpaired) electrons. The van der Waals surface area contributed by atoms with Gasteiger partial charge >= 0.3 is 11.9 Å². The molecule has 1 fully saturated rings. The highest BCUT2D eigenvalue weighted by Crippen LogP contribution is 2.12. The summed E-state index contributed by atoms with van der Waals surface area (Å²) >= 11 is 0. The maximum absolute atomic E-state index is 10.7. The van der Waals surface area contributed by atoms with E-state index < -0.39 is 0 Å². The smallest absolute Gasteiger partial charge is 0.333 e. The van der Waals surface area contributed by atoms with Crippen LogP contribution in [0, 0.1) is 0 Å². The summed E-state index contributed by atoms with van der Waals surface area (Å²) in [5.41, 5.74) is 0.469. The zero-order valence-corrected chi connectivity index (χ0v) is 12.4. The standard InChI is InChI=1S/C8H14O2.C7H10O3/c1-4-5-6-10-8(9)7(2)3;1-2-7(8)9-4-3-6-5-10-6/h2,4-6H2,1,3H3;2,6H,1,3-5H2. The van der Waals surface area contributed by atoms with Crippen molar-refractivity contribution in [1.82, 2.24) is 0 Å². The average Bonchev–Trinajstić information content (AvgIpc) is 3.23. The van der Waals surface area contributed by atoms with E-state index in [2.05, 4.69) is 20.1 Å². The van der Waals surface area contributed by atoms with Crippen molar-refractivity contribution in [2.24, 2.45) is 0 Å². The summed E-state index contributed by atoms with van der Waals surface area (Å²) in [4.78, 5) is 21.1. The first-order chi connectivity index (χ1) is 9.51. The minimum absolute atomic E-state index is 0.284. The highest BCUT2D eigenvalue weighted by Gasteiger charge is 2.21. The number of hydrogen-bond acceptors (Lipinski definition) is 5. The van der Waals surface area contributed by atoms with Gasteiger partial charge in [0.2, 0.25) is 0 Å². The van der Waals surface area contributed by atoms with E-state index in [9.17, 15) is 9.59 Å². The molecule has 1 aliphatic rings. The van der Waals surface area contributed by atoms with Gasteiger partial charge in [-0.15, -0.1) is 0 Å². The van der Waals surface area contributed by atoms with Crippen LogP contribution in [-0.4, -0.2) is 37.9 Å². The van der Waals surface area contributed by atoms with E-state index in [1.165, 1.54) is 0 Å². The number of carbonyl (C=O) groups is 2. The predicted octanol–water partition coefficient (Wildman–Crippen LogP) is 2.41. The molecular formula is C15H24O5. The van der Waals surface area contributed by atoms with Crippen molar-refractivity contribution in [2.45, 2.75) is 39.2 Å². The largest absolute Gasteiger partial charge is 0.462 e. The lowest BCUT2D eigenvalue weighted by Gasteiger charge is -2.01. The molecule has 0 aromatic carbocycles. The van der Waals surface area contributed by atoms with E-state index in [1.807, 2.05) is 0 Å². The molecule has 0 bridgehead atoms. The molecule has 0 amide bonds. The molecule has 1 atom stereocenters. The number of carbonyl (C=O) groups excluding carboxylic acids is 2. The fraction of sp³-hybridized carbons (Fsp3) is 0.600. The fourth-order valence-corrected chi connectivity index (χ4v) is 1.02. The third-order valence-electron chi connectivity index (χ3n) is 2.33. The summed E-state index contributed by atoms with van der Waals surface area (Å²) in [6, 6.07) is 0. The maximum Gasteiger partial charge on any atom is 0.333 e. The van der Waals surface area contributed by atoms with Crippen LogP contribution < -0.4 is 0 Å².